The van der Waals surface area contributed by atoms with Crippen LogP contribution in [-0.4, -0.2) is 67.7 Å². The van der Waals surface area contributed by atoms with Crippen LogP contribution >= 0.6 is 0 Å². The zero-order valence-corrected chi connectivity index (χ0v) is 16.0. The standard InChI is InChI=1S/C20H25FN4O4/c21-15-3-5-16(6-4-15)24-8-10-25(11-9-24)17(18-2-1-13-29-18)14-23-20(28)19(27)22-7-12-26/h1-6,13,17,26H,7-12,14H2,(H,22,27)(H,23,28). The van der Waals surface area contributed by atoms with Crippen molar-refractivity contribution in [2.24, 2.45) is 0 Å². The number of aliphatic hydroxyl groups excluding tert-OH is 1. The fourth-order valence-electron chi connectivity index (χ4n) is 3.35. The van der Waals surface area contributed by atoms with Crippen molar-refractivity contribution in [1.29, 1.82) is 0 Å². The first kappa shape index (κ1) is 20.8. The monoisotopic (exact) mass is 404 g/mol. The number of carbonyl (C=O) groups excluding carboxylic acids is 2. The zero-order chi connectivity index (χ0) is 20.6. The predicted octanol–water partition coefficient (Wildman–Crippen LogP) is 0.507. The van der Waals surface area contributed by atoms with Crippen LogP contribution in [0.15, 0.2) is 47.1 Å². The lowest BCUT2D eigenvalue weighted by atomic mass is 10.1. The third kappa shape index (κ3) is 5.55. The Morgan fingerprint density at radius 1 is 1.07 bits per heavy atom. The number of carbonyl (C=O) groups is 2. The first-order valence-corrected chi connectivity index (χ1v) is 9.53. The van der Waals surface area contributed by atoms with Gasteiger partial charge in [0.2, 0.25) is 0 Å². The zero-order valence-electron chi connectivity index (χ0n) is 16.0. The minimum Gasteiger partial charge on any atom is -0.468 e. The molecular formula is C20H25FN4O4. The molecule has 8 nitrogen and oxygen atoms in total. The summed E-state index contributed by atoms with van der Waals surface area (Å²) in [5, 5.41) is 13.7. The van der Waals surface area contributed by atoms with Crippen molar-refractivity contribution in [1.82, 2.24) is 15.5 Å². The van der Waals surface area contributed by atoms with E-state index in [1.807, 2.05) is 6.07 Å². The van der Waals surface area contributed by atoms with Crippen LogP contribution in [0.1, 0.15) is 11.8 Å². The molecule has 3 N–H and O–H groups in total. The fourth-order valence-corrected chi connectivity index (χ4v) is 3.35. The quantitative estimate of drug-likeness (QED) is 0.582. The number of nitrogens with zero attached hydrogens (tertiary/aromatic N) is 2. The van der Waals surface area contributed by atoms with E-state index in [2.05, 4.69) is 20.4 Å². The summed E-state index contributed by atoms with van der Waals surface area (Å²) in [6.45, 7) is 2.94. The van der Waals surface area contributed by atoms with Gasteiger partial charge >= 0.3 is 11.8 Å². The van der Waals surface area contributed by atoms with E-state index in [0.717, 1.165) is 31.9 Å². The molecule has 29 heavy (non-hydrogen) atoms. The number of hydrogen-bond acceptors (Lipinski definition) is 6. The maximum absolute atomic E-state index is 13.1. The highest BCUT2D eigenvalue weighted by molar-refractivity contribution is 6.35. The highest BCUT2D eigenvalue weighted by atomic mass is 19.1. The lowest BCUT2D eigenvalue weighted by molar-refractivity contribution is -0.139. The number of halogens is 1. The van der Waals surface area contributed by atoms with Crippen LogP contribution in [0.25, 0.3) is 0 Å². The van der Waals surface area contributed by atoms with Crippen molar-refractivity contribution in [3.8, 4) is 0 Å². The van der Waals surface area contributed by atoms with Crippen LogP contribution in [-0.2, 0) is 9.59 Å². The van der Waals surface area contributed by atoms with Gasteiger partial charge < -0.3 is 25.1 Å². The predicted molar refractivity (Wildman–Crippen MR) is 105 cm³/mol. The highest BCUT2D eigenvalue weighted by Crippen LogP contribution is 2.24. The van der Waals surface area contributed by atoms with Gasteiger partial charge in [0.05, 0.1) is 18.9 Å². The maximum Gasteiger partial charge on any atom is 0.309 e. The number of anilines is 1. The van der Waals surface area contributed by atoms with Crippen molar-refractivity contribution in [3.05, 3.63) is 54.2 Å². The summed E-state index contributed by atoms with van der Waals surface area (Å²) < 4.78 is 18.7. The number of nitrogens with one attached hydrogen (secondary N) is 2. The Bertz CT molecular complexity index is 789. The Kier molecular flexibility index (Phi) is 7.20. The summed E-state index contributed by atoms with van der Waals surface area (Å²) in [6.07, 6.45) is 1.58. The van der Waals surface area contributed by atoms with Crippen molar-refractivity contribution in [3.63, 3.8) is 0 Å². The minimum absolute atomic E-state index is 0.0270. The van der Waals surface area contributed by atoms with Crippen molar-refractivity contribution >= 4 is 17.5 Å². The SMILES string of the molecule is O=C(NCCO)C(=O)NCC(c1ccco1)N1CCN(c2ccc(F)cc2)CC1. The number of benzene rings is 1. The molecule has 1 saturated heterocycles. The van der Waals surface area contributed by atoms with Crippen molar-refractivity contribution in [2.45, 2.75) is 6.04 Å². The van der Waals surface area contributed by atoms with Crippen LogP contribution < -0.4 is 15.5 Å². The summed E-state index contributed by atoms with van der Waals surface area (Å²) in [7, 11) is 0. The smallest absolute Gasteiger partial charge is 0.309 e. The molecule has 1 aromatic carbocycles. The molecule has 2 amide bonds. The lowest BCUT2D eigenvalue weighted by Crippen LogP contribution is -2.50. The van der Waals surface area contributed by atoms with E-state index in [0.29, 0.717) is 5.76 Å². The number of aliphatic hydroxyl groups is 1. The minimum atomic E-state index is -0.779. The van der Waals surface area contributed by atoms with Gasteiger partial charge in [-0.05, 0) is 36.4 Å². The summed E-state index contributed by atoms with van der Waals surface area (Å²) in [5.41, 5.74) is 0.967. The molecule has 1 atom stereocenters. The van der Waals surface area contributed by atoms with Crippen molar-refractivity contribution in [2.75, 3.05) is 50.8 Å². The number of hydrogen-bond donors (Lipinski definition) is 3. The van der Waals surface area contributed by atoms with Crippen LogP contribution in [0.5, 0.6) is 0 Å². The van der Waals surface area contributed by atoms with E-state index in [1.54, 1.807) is 24.5 Å². The average molecular weight is 404 g/mol. The molecule has 9 heteroatoms. The molecule has 0 bridgehead atoms. The first-order chi connectivity index (χ1) is 14.1. The molecule has 1 fully saturated rings. The number of amides is 2. The topological polar surface area (TPSA) is 98.0 Å². The second-order valence-corrected chi connectivity index (χ2v) is 6.72. The largest absolute Gasteiger partial charge is 0.468 e. The molecule has 1 aliphatic rings. The van der Waals surface area contributed by atoms with Gasteiger partial charge in [0.15, 0.2) is 0 Å². The average Bonchev–Trinajstić information content (AvgIpc) is 3.27. The van der Waals surface area contributed by atoms with Crippen LogP contribution in [0, 0.1) is 5.82 Å². The molecule has 1 aliphatic heterocycles. The molecule has 1 aromatic heterocycles. The fraction of sp³-hybridized carbons (Fsp3) is 0.400. The Hall–Kier alpha value is -2.91. The molecule has 2 heterocycles. The van der Waals surface area contributed by atoms with E-state index < -0.39 is 11.8 Å². The Morgan fingerprint density at radius 3 is 2.38 bits per heavy atom. The van der Waals surface area contributed by atoms with E-state index in [9.17, 15) is 14.0 Å². The molecule has 2 aromatic rings. The van der Waals surface area contributed by atoms with Crippen LogP contribution in [0.4, 0.5) is 10.1 Å². The third-order valence-electron chi connectivity index (χ3n) is 4.88. The van der Waals surface area contributed by atoms with E-state index in [4.69, 9.17) is 9.52 Å². The van der Waals surface area contributed by atoms with E-state index >= 15 is 0 Å². The van der Waals surface area contributed by atoms with Crippen molar-refractivity contribution < 1.29 is 23.5 Å². The van der Waals surface area contributed by atoms with Crippen LogP contribution in [0.2, 0.25) is 0 Å². The Balaban J connectivity index is 1.59. The Labute approximate surface area is 168 Å². The maximum atomic E-state index is 13.1. The molecular weight excluding hydrogens is 379 g/mol. The van der Waals surface area contributed by atoms with Gasteiger partial charge in [-0.3, -0.25) is 14.5 Å². The molecule has 3 rings (SSSR count). The summed E-state index contributed by atoms with van der Waals surface area (Å²) >= 11 is 0. The molecule has 0 saturated carbocycles. The van der Waals surface area contributed by atoms with Gasteiger partial charge in [0.1, 0.15) is 11.6 Å². The molecule has 1 unspecified atom stereocenters. The van der Waals surface area contributed by atoms with Gasteiger partial charge in [-0.15, -0.1) is 0 Å². The number of furan rings is 1. The number of piperazine rings is 1. The summed E-state index contributed by atoms with van der Waals surface area (Å²) in [6, 6.07) is 9.84. The second-order valence-electron chi connectivity index (χ2n) is 6.72. The van der Waals surface area contributed by atoms with Gasteiger partial charge in [0.25, 0.3) is 0 Å². The lowest BCUT2D eigenvalue weighted by Gasteiger charge is -2.39. The van der Waals surface area contributed by atoms with E-state index in [1.165, 1.54) is 12.1 Å². The van der Waals surface area contributed by atoms with Crippen LogP contribution in [0.3, 0.4) is 0 Å². The highest BCUT2D eigenvalue weighted by Gasteiger charge is 2.28. The van der Waals surface area contributed by atoms with Gasteiger partial charge in [0, 0.05) is 45.0 Å². The summed E-state index contributed by atoms with van der Waals surface area (Å²) in [4.78, 5) is 28.0. The Morgan fingerprint density at radius 2 is 1.76 bits per heavy atom. The number of rotatable bonds is 7. The van der Waals surface area contributed by atoms with Gasteiger partial charge in [-0.1, -0.05) is 0 Å². The molecule has 0 aliphatic carbocycles. The van der Waals surface area contributed by atoms with E-state index in [-0.39, 0.29) is 31.6 Å². The first-order valence-electron chi connectivity index (χ1n) is 9.53. The molecule has 0 radical (unpaired) electrons. The summed E-state index contributed by atoms with van der Waals surface area (Å²) in [5.74, 6) is -1.08. The van der Waals surface area contributed by atoms with Gasteiger partial charge in [-0.2, -0.15) is 0 Å². The normalized spacial score (nSPS) is 15.7. The molecule has 156 valence electrons. The van der Waals surface area contributed by atoms with Gasteiger partial charge in [-0.25, -0.2) is 4.39 Å². The molecule has 0 spiro atoms. The second kappa shape index (κ2) is 10.0. The third-order valence-corrected chi connectivity index (χ3v) is 4.88.